The number of carboxylic acid groups (broad SMARTS) is 1. The molecule has 2 N–H and O–H groups in total. The molecule has 2 rings (SSSR count). The fourth-order valence-electron chi connectivity index (χ4n) is 2.24. The van der Waals surface area contributed by atoms with Crippen molar-refractivity contribution in [1.29, 1.82) is 0 Å². The summed E-state index contributed by atoms with van der Waals surface area (Å²) in [7, 11) is 0. The molecule has 0 bridgehead atoms. The second-order valence-corrected chi connectivity index (χ2v) is 4.59. The Bertz CT molecular complexity index is 400. The van der Waals surface area contributed by atoms with E-state index >= 15 is 0 Å². The Balaban J connectivity index is 1.72. The number of hydrogen-bond donors (Lipinski definition) is 2. The fraction of sp³-hybridized carbons (Fsp3) is 0.500. The van der Waals surface area contributed by atoms with E-state index in [2.05, 4.69) is 5.32 Å². The van der Waals surface area contributed by atoms with Gasteiger partial charge < -0.3 is 15.2 Å². The minimum atomic E-state index is -0.902. The van der Waals surface area contributed by atoms with Gasteiger partial charge in [-0.1, -0.05) is 18.9 Å². The van der Waals surface area contributed by atoms with Crippen LogP contribution in [0.3, 0.4) is 0 Å². The lowest BCUT2D eigenvalue weighted by molar-refractivity contribution is 0.0659. The minimum Gasteiger partial charge on any atom is -0.478 e. The van der Waals surface area contributed by atoms with E-state index in [-0.39, 0.29) is 0 Å². The average Bonchev–Trinajstić information content (AvgIpc) is 2.88. The Morgan fingerprint density at radius 2 is 2.17 bits per heavy atom. The average molecular weight is 249 g/mol. The molecule has 1 saturated carbocycles. The SMILES string of the molecule is O=C(O)c1cccc(NCCOC2CCCC2)c1. The Hall–Kier alpha value is -1.55. The van der Waals surface area contributed by atoms with Gasteiger partial charge in [0.05, 0.1) is 18.3 Å². The normalized spacial score (nSPS) is 15.8. The first-order valence-electron chi connectivity index (χ1n) is 6.44. The summed E-state index contributed by atoms with van der Waals surface area (Å²) in [5.41, 5.74) is 1.13. The third-order valence-electron chi connectivity index (χ3n) is 3.20. The monoisotopic (exact) mass is 249 g/mol. The van der Waals surface area contributed by atoms with E-state index in [4.69, 9.17) is 9.84 Å². The number of carboxylic acids is 1. The highest BCUT2D eigenvalue weighted by Crippen LogP contribution is 2.20. The van der Waals surface area contributed by atoms with Gasteiger partial charge >= 0.3 is 5.97 Å². The number of benzene rings is 1. The molecule has 1 aliphatic carbocycles. The molecule has 0 atom stereocenters. The van der Waals surface area contributed by atoms with Gasteiger partial charge in [0.1, 0.15) is 0 Å². The first-order chi connectivity index (χ1) is 8.75. The lowest BCUT2D eigenvalue weighted by Crippen LogP contribution is -2.15. The van der Waals surface area contributed by atoms with Gasteiger partial charge in [-0.3, -0.25) is 0 Å². The summed E-state index contributed by atoms with van der Waals surface area (Å²) >= 11 is 0. The van der Waals surface area contributed by atoms with Crippen LogP contribution in [0.5, 0.6) is 0 Å². The minimum absolute atomic E-state index is 0.303. The number of anilines is 1. The summed E-state index contributed by atoms with van der Waals surface area (Å²) in [6.45, 7) is 1.38. The van der Waals surface area contributed by atoms with Crippen LogP contribution in [0, 0.1) is 0 Å². The van der Waals surface area contributed by atoms with Gasteiger partial charge in [0, 0.05) is 12.2 Å². The maximum Gasteiger partial charge on any atom is 0.335 e. The van der Waals surface area contributed by atoms with Crippen LogP contribution in [0.1, 0.15) is 36.0 Å². The predicted octanol–water partition coefficient (Wildman–Crippen LogP) is 2.76. The molecule has 98 valence electrons. The fourth-order valence-corrected chi connectivity index (χ4v) is 2.24. The molecule has 0 aliphatic heterocycles. The molecule has 1 aromatic carbocycles. The zero-order chi connectivity index (χ0) is 12.8. The van der Waals surface area contributed by atoms with Gasteiger partial charge in [0.2, 0.25) is 0 Å². The van der Waals surface area contributed by atoms with Crippen LogP contribution in [0.4, 0.5) is 5.69 Å². The Kier molecular flexibility index (Phi) is 4.59. The number of ether oxygens (including phenoxy) is 1. The van der Waals surface area contributed by atoms with E-state index in [1.54, 1.807) is 18.2 Å². The predicted molar refractivity (Wildman–Crippen MR) is 70.1 cm³/mol. The van der Waals surface area contributed by atoms with Crippen molar-refractivity contribution in [2.24, 2.45) is 0 Å². The van der Waals surface area contributed by atoms with Crippen LogP contribution in [0.25, 0.3) is 0 Å². The molecule has 0 aromatic heterocycles. The van der Waals surface area contributed by atoms with Gasteiger partial charge in [0.15, 0.2) is 0 Å². The summed E-state index contributed by atoms with van der Waals surface area (Å²) in [6, 6.07) is 6.83. The number of hydrogen-bond acceptors (Lipinski definition) is 3. The lowest BCUT2D eigenvalue weighted by atomic mass is 10.2. The molecule has 4 heteroatoms. The Morgan fingerprint density at radius 1 is 1.39 bits per heavy atom. The second-order valence-electron chi connectivity index (χ2n) is 4.59. The van der Waals surface area contributed by atoms with E-state index in [0.29, 0.717) is 24.8 Å². The third kappa shape index (κ3) is 3.74. The second kappa shape index (κ2) is 6.40. The Labute approximate surface area is 107 Å². The van der Waals surface area contributed by atoms with Crippen LogP contribution < -0.4 is 5.32 Å². The van der Waals surface area contributed by atoms with Crippen molar-refractivity contribution in [3.05, 3.63) is 29.8 Å². The summed E-state index contributed by atoms with van der Waals surface area (Å²) < 4.78 is 5.72. The maximum atomic E-state index is 10.8. The lowest BCUT2D eigenvalue weighted by Gasteiger charge is -2.12. The van der Waals surface area contributed by atoms with Gasteiger partial charge in [0.25, 0.3) is 0 Å². The first kappa shape index (κ1) is 12.9. The first-order valence-corrected chi connectivity index (χ1v) is 6.44. The van der Waals surface area contributed by atoms with Crippen molar-refractivity contribution in [3.8, 4) is 0 Å². The van der Waals surface area contributed by atoms with E-state index in [1.807, 2.05) is 6.07 Å². The zero-order valence-electron chi connectivity index (χ0n) is 10.4. The molecule has 0 amide bonds. The highest BCUT2D eigenvalue weighted by atomic mass is 16.5. The molecule has 0 heterocycles. The van der Waals surface area contributed by atoms with E-state index in [0.717, 1.165) is 5.69 Å². The van der Waals surface area contributed by atoms with E-state index in [9.17, 15) is 4.79 Å². The number of rotatable bonds is 6. The highest BCUT2D eigenvalue weighted by Gasteiger charge is 2.14. The molecule has 4 nitrogen and oxygen atoms in total. The summed E-state index contributed by atoms with van der Waals surface area (Å²) in [5.74, 6) is -0.902. The van der Waals surface area contributed by atoms with Crippen LogP contribution in [-0.2, 0) is 4.74 Å². The standard InChI is InChI=1S/C14H19NO3/c16-14(17)11-4-3-5-12(10-11)15-8-9-18-13-6-1-2-7-13/h3-5,10,13,15H,1-2,6-9H2,(H,16,17). The van der Waals surface area contributed by atoms with Gasteiger partial charge in [-0.2, -0.15) is 0 Å². The van der Waals surface area contributed by atoms with Crippen molar-refractivity contribution in [2.75, 3.05) is 18.5 Å². The van der Waals surface area contributed by atoms with Crippen molar-refractivity contribution >= 4 is 11.7 Å². The van der Waals surface area contributed by atoms with Gasteiger partial charge in [-0.25, -0.2) is 4.79 Å². The summed E-state index contributed by atoms with van der Waals surface area (Å²) in [5, 5.41) is 12.0. The molecule has 1 aliphatic rings. The van der Waals surface area contributed by atoms with Crippen molar-refractivity contribution in [1.82, 2.24) is 0 Å². The van der Waals surface area contributed by atoms with Crippen molar-refractivity contribution < 1.29 is 14.6 Å². The molecular weight excluding hydrogens is 230 g/mol. The van der Waals surface area contributed by atoms with Gasteiger partial charge in [-0.05, 0) is 31.0 Å². The van der Waals surface area contributed by atoms with Crippen LogP contribution in [-0.4, -0.2) is 30.3 Å². The maximum absolute atomic E-state index is 10.8. The third-order valence-corrected chi connectivity index (χ3v) is 3.20. The molecule has 0 unspecified atom stereocenters. The Morgan fingerprint density at radius 3 is 2.89 bits per heavy atom. The summed E-state index contributed by atoms with van der Waals surface area (Å²) in [4.78, 5) is 10.8. The molecule has 0 spiro atoms. The number of carbonyl (C=O) groups is 1. The molecule has 0 radical (unpaired) electrons. The smallest absolute Gasteiger partial charge is 0.335 e. The van der Waals surface area contributed by atoms with E-state index < -0.39 is 5.97 Å². The molecule has 1 aromatic rings. The molecule has 0 saturated heterocycles. The highest BCUT2D eigenvalue weighted by molar-refractivity contribution is 5.88. The quantitative estimate of drug-likeness (QED) is 0.761. The van der Waals surface area contributed by atoms with Crippen molar-refractivity contribution in [3.63, 3.8) is 0 Å². The topological polar surface area (TPSA) is 58.6 Å². The molecule has 1 fully saturated rings. The van der Waals surface area contributed by atoms with Crippen LogP contribution >= 0.6 is 0 Å². The number of aromatic carboxylic acids is 1. The zero-order valence-corrected chi connectivity index (χ0v) is 10.4. The van der Waals surface area contributed by atoms with Crippen LogP contribution in [0.15, 0.2) is 24.3 Å². The van der Waals surface area contributed by atoms with E-state index in [1.165, 1.54) is 25.7 Å². The molecular formula is C14H19NO3. The number of nitrogens with one attached hydrogen (secondary N) is 1. The van der Waals surface area contributed by atoms with Crippen LogP contribution in [0.2, 0.25) is 0 Å². The van der Waals surface area contributed by atoms with Crippen molar-refractivity contribution in [2.45, 2.75) is 31.8 Å². The largest absolute Gasteiger partial charge is 0.478 e. The molecule has 18 heavy (non-hydrogen) atoms. The summed E-state index contributed by atoms with van der Waals surface area (Å²) in [6.07, 6.45) is 5.33. The van der Waals surface area contributed by atoms with Gasteiger partial charge in [-0.15, -0.1) is 0 Å².